The third-order valence-electron chi connectivity index (χ3n) is 4.82. The van der Waals surface area contributed by atoms with Gasteiger partial charge in [0.05, 0.1) is 17.0 Å². The molecule has 1 aromatic carbocycles. The third-order valence-corrected chi connectivity index (χ3v) is 6.15. The second-order valence-corrected chi connectivity index (χ2v) is 8.15. The quantitative estimate of drug-likeness (QED) is 0.756. The van der Waals surface area contributed by atoms with Crippen LogP contribution in [-0.4, -0.2) is 50.5 Å². The zero-order valence-electron chi connectivity index (χ0n) is 15.1. The van der Waals surface area contributed by atoms with Crippen molar-refractivity contribution in [2.75, 3.05) is 20.1 Å². The van der Waals surface area contributed by atoms with E-state index in [0.29, 0.717) is 5.25 Å². The fourth-order valence-electron chi connectivity index (χ4n) is 3.36. The van der Waals surface area contributed by atoms with Crippen molar-refractivity contribution in [3.63, 3.8) is 0 Å². The zero-order valence-corrected chi connectivity index (χ0v) is 16.0. The van der Waals surface area contributed by atoms with Gasteiger partial charge in [0.1, 0.15) is 11.4 Å². The predicted molar refractivity (Wildman–Crippen MR) is 106 cm³/mol. The molecule has 1 fully saturated rings. The Morgan fingerprint density at radius 3 is 2.77 bits per heavy atom. The number of aromatic amines is 1. The highest BCUT2D eigenvalue weighted by Crippen LogP contribution is 2.40. The van der Waals surface area contributed by atoms with E-state index in [4.69, 9.17) is 0 Å². The Hall–Kier alpha value is -2.18. The smallest absolute Gasteiger partial charge is 0.128 e. The van der Waals surface area contributed by atoms with E-state index in [2.05, 4.69) is 63.3 Å². The summed E-state index contributed by atoms with van der Waals surface area (Å²) in [5, 5.41) is 9.58. The van der Waals surface area contributed by atoms with Crippen molar-refractivity contribution < 1.29 is 0 Å². The molecule has 26 heavy (non-hydrogen) atoms. The number of nitrogens with one attached hydrogen (secondary N) is 1. The summed E-state index contributed by atoms with van der Waals surface area (Å²) in [6.45, 7) is 4.41. The molecule has 0 atom stereocenters. The molecule has 0 aliphatic carbocycles. The Balaban J connectivity index is 1.72. The lowest BCUT2D eigenvalue weighted by Gasteiger charge is -2.28. The lowest BCUT2D eigenvalue weighted by molar-refractivity contribution is 0.282. The highest BCUT2D eigenvalue weighted by Gasteiger charge is 2.24. The number of aromatic nitrogens is 4. The van der Waals surface area contributed by atoms with Crippen molar-refractivity contribution in [1.82, 2.24) is 25.1 Å². The molecule has 0 spiro atoms. The second kappa shape index (κ2) is 7.60. The van der Waals surface area contributed by atoms with Crippen molar-refractivity contribution in [3.05, 3.63) is 48.4 Å². The van der Waals surface area contributed by atoms with Gasteiger partial charge in [0.2, 0.25) is 0 Å². The van der Waals surface area contributed by atoms with E-state index in [1.54, 1.807) is 12.5 Å². The fraction of sp³-hybridized carbons (Fsp3) is 0.350. The van der Waals surface area contributed by atoms with Crippen molar-refractivity contribution in [1.29, 1.82) is 0 Å². The molecule has 0 amide bonds. The van der Waals surface area contributed by atoms with Crippen LogP contribution in [-0.2, 0) is 0 Å². The van der Waals surface area contributed by atoms with Crippen LogP contribution in [0, 0.1) is 6.92 Å². The summed E-state index contributed by atoms with van der Waals surface area (Å²) >= 11 is 1.88. The first-order valence-electron chi connectivity index (χ1n) is 8.97. The average molecular weight is 366 g/mol. The van der Waals surface area contributed by atoms with Crippen molar-refractivity contribution in [3.8, 4) is 22.5 Å². The van der Waals surface area contributed by atoms with Gasteiger partial charge in [-0.15, -0.1) is 11.8 Å². The van der Waals surface area contributed by atoms with E-state index in [9.17, 15) is 0 Å². The molecule has 134 valence electrons. The molecule has 0 radical (unpaired) electrons. The first kappa shape index (κ1) is 17.2. The maximum Gasteiger partial charge on any atom is 0.128 e. The van der Waals surface area contributed by atoms with Crippen LogP contribution in [0.3, 0.4) is 0 Å². The topological polar surface area (TPSA) is 57.7 Å². The number of likely N-dealkylation sites (tertiary alicyclic amines) is 1. The third kappa shape index (κ3) is 3.66. The van der Waals surface area contributed by atoms with Crippen LogP contribution in [0.2, 0.25) is 0 Å². The van der Waals surface area contributed by atoms with Gasteiger partial charge in [-0.2, -0.15) is 5.10 Å². The maximum atomic E-state index is 4.68. The summed E-state index contributed by atoms with van der Waals surface area (Å²) in [5.41, 5.74) is 5.40. The standard InChI is InChI=1S/C20H23N5S/c1-14-4-3-5-15(12-14)19-18(17-6-9-21-13-22-17)20(24-23-19)26-16-7-10-25(2)11-8-16/h3-6,9,12-13,16H,7-8,10-11H2,1-2H3,(H,23,24). The molecule has 0 bridgehead atoms. The molecule has 4 rings (SSSR count). The monoisotopic (exact) mass is 365 g/mol. The van der Waals surface area contributed by atoms with Crippen molar-refractivity contribution >= 4 is 11.8 Å². The number of piperidine rings is 1. The molecule has 1 aliphatic heterocycles. The van der Waals surface area contributed by atoms with E-state index in [-0.39, 0.29) is 0 Å². The minimum absolute atomic E-state index is 0.598. The molecule has 1 aliphatic rings. The first-order valence-corrected chi connectivity index (χ1v) is 9.85. The van der Waals surface area contributed by atoms with Crippen LogP contribution in [0.4, 0.5) is 0 Å². The summed E-state index contributed by atoms with van der Waals surface area (Å²) in [7, 11) is 2.19. The normalized spacial score (nSPS) is 16.1. The largest absolute Gasteiger partial charge is 0.306 e. The number of aryl methyl sites for hydroxylation is 1. The van der Waals surface area contributed by atoms with E-state index in [1.807, 2.05) is 17.8 Å². The highest BCUT2D eigenvalue weighted by molar-refractivity contribution is 8.00. The van der Waals surface area contributed by atoms with Gasteiger partial charge in [-0.05, 0) is 52.0 Å². The van der Waals surface area contributed by atoms with Gasteiger partial charge >= 0.3 is 0 Å². The van der Waals surface area contributed by atoms with E-state index >= 15 is 0 Å². The summed E-state index contributed by atoms with van der Waals surface area (Å²) in [4.78, 5) is 11.0. The Labute approximate surface area is 158 Å². The highest BCUT2D eigenvalue weighted by atomic mass is 32.2. The molecule has 6 heteroatoms. The molecule has 0 unspecified atom stereocenters. The zero-order chi connectivity index (χ0) is 17.9. The Morgan fingerprint density at radius 2 is 2.04 bits per heavy atom. The molecule has 2 aromatic heterocycles. The number of hydrogen-bond acceptors (Lipinski definition) is 5. The number of rotatable bonds is 4. The van der Waals surface area contributed by atoms with Crippen molar-refractivity contribution in [2.24, 2.45) is 0 Å². The van der Waals surface area contributed by atoms with Gasteiger partial charge in [0.25, 0.3) is 0 Å². The van der Waals surface area contributed by atoms with Crippen LogP contribution in [0.5, 0.6) is 0 Å². The van der Waals surface area contributed by atoms with Crippen LogP contribution >= 0.6 is 11.8 Å². The second-order valence-electron chi connectivity index (χ2n) is 6.86. The number of thioether (sulfide) groups is 1. The van der Waals surface area contributed by atoms with E-state index in [0.717, 1.165) is 40.6 Å². The summed E-state index contributed by atoms with van der Waals surface area (Å²) in [6.07, 6.45) is 5.78. The molecule has 1 N–H and O–H groups in total. The van der Waals surface area contributed by atoms with Crippen LogP contribution in [0.1, 0.15) is 18.4 Å². The van der Waals surface area contributed by atoms with Gasteiger partial charge in [0, 0.05) is 17.0 Å². The number of benzene rings is 1. The van der Waals surface area contributed by atoms with Crippen molar-refractivity contribution in [2.45, 2.75) is 30.0 Å². The van der Waals surface area contributed by atoms with Gasteiger partial charge in [0.15, 0.2) is 0 Å². The maximum absolute atomic E-state index is 4.68. The summed E-state index contributed by atoms with van der Waals surface area (Å²) in [5.74, 6) is 0. The van der Waals surface area contributed by atoms with Crippen LogP contribution in [0.25, 0.3) is 22.5 Å². The SMILES string of the molecule is Cc1cccc(-c2[nH]nc(SC3CCN(C)CC3)c2-c2ccncn2)c1. The molecular weight excluding hydrogens is 342 g/mol. The minimum atomic E-state index is 0.598. The van der Waals surface area contributed by atoms with Gasteiger partial charge in [-0.25, -0.2) is 9.97 Å². The van der Waals surface area contributed by atoms with Gasteiger partial charge < -0.3 is 4.90 Å². The molecular formula is C20H23N5S. The summed E-state index contributed by atoms with van der Waals surface area (Å²) in [6, 6.07) is 10.5. The molecule has 3 aromatic rings. The van der Waals surface area contributed by atoms with Gasteiger partial charge in [-0.1, -0.05) is 23.8 Å². The minimum Gasteiger partial charge on any atom is -0.306 e. The number of hydrogen-bond donors (Lipinski definition) is 1. The predicted octanol–water partition coefficient (Wildman–Crippen LogP) is 4.03. The molecule has 3 heterocycles. The average Bonchev–Trinajstić information content (AvgIpc) is 3.08. The van der Waals surface area contributed by atoms with Crippen LogP contribution < -0.4 is 0 Å². The van der Waals surface area contributed by atoms with E-state index < -0.39 is 0 Å². The summed E-state index contributed by atoms with van der Waals surface area (Å²) < 4.78 is 0. The first-order chi connectivity index (χ1) is 12.7. The van der Waals surface area contributed by atoms with E-state index in [1.165, 1.54) is 18.4 Å². The van der Waals surface area contributed by atoms with Gasteiger partial charge in [-0.3, -0.25) is 5.10 Å². The molecule has 5 nitrogen and oxygen atoms in total. The lowest BCUT2D eigenvalue weighted by Crippen LogP contribution is -2.31. The fourth-order valence-corrected chi connectivity index (χ4v) is 4.54. The number of H-pyrrole nitrogens is 1. The Bertz CT molecular complexity index is 869. The molecule has 1 saturated heterocycles. The molecule has 0 saturated carbocycles. The Kier molecular flexibility index (Phi) is 5.04. The number of nitrogens with zero attached hydrogens (tertiary/aromatic N) is 4. The Morgan fingerprint density at radius 1 is 1.19 bits per heavy atom. The van der Waals surface area contributed by atoms with Crippen LogP contribution in [0.15, 0.2) is 47.9 Å². The lowest BCUT2D eigenvalue weighted by atomic mass is 10.0.